The molecule has 0 unspecified atom stereocenters. The van der Waals surface area contributed by atoms with Crippen molar-refractivity contribution in [1.82, 2.24) is 14.7 Å². The van der Waals surface area contributed by atoms with Crippen molar-refractivity contribution < 1.29 is 14.0 Å². The standard InChI is InChI=1S/C28H29FN4O2/c1-30(18-21-12-14-22(29)15-13-21)27(34)33-25-16-17-26(33)20-31(19-25)28(35)32(23-8-4-2-5-9-23)24-10-6-3-7-11-24/h2-15,25-26H,16-20H2,1H3/t25-,26+. The molecule has 3 aromatic carbocycles. The highest BCUT2D eigenvalue weighted by atomic mass is 19.1. The minimum Gasteiger partial charge on any atom is -0.323 e. The molecule has 35 heavy (non-hydrogen) atoms. The molecule has 3 aromatic rings. The van der Waals surface area contributed by atoms with Gasteiger partial charge in [0.25, 0.3) is 0 Å². The van der Waals surface area contributed by atoms with Crippen molar-refractivity contribution in [3.05, 3.63) is 96.3 Å². The van der Waals surface area contributed by atoms with Crippen LogP contribution in [-0.2, 0) is 6.54 Å². The first-order chi connectivity index (χ1) is 17.0. The summed E-state index contributed by atoms with van der Waals surface area (Å²) in [5, 5.41) is 0. The molecular formula is C28H29FN4O2. The third-order valence-corrected chi connectivity index (χ3v) is 6.85. The van der Waals surface area contributed by atoms with Gasteiger partial charge in [-0.2, -0.15) is 0 Å². The first-order valence-electron chi connectivity index (χ1n) is 12.0. The van der Waals surface area contributed by atoms with Gasteiger partial charge in [0.15, 0.2) is 0 Å². The van der Waals surface area contributed by atoms with Gasteiger partial charge in [0.2, 0.25) is 0 Å². The quantitative estimate of drug-likeness (QED) is 0.505. The van der Waals surface area contributed by atoms with E-state index in [0.717, 1.165) is 29.8 Å². The van der Waals surface area contributed by atoms with Gasteiger partial charge in [-0.15, -0.1) is 0 Å². The Balaban J connectivity index is 1.31. The molecule has 7 heteroatoms. The zero-order chi connectivity index (χ0) is 24.4. The Morgan fingerprint density at radius 2 is 1.31 bits per heavy atom. The summed E-state index contributed by atoms with van der Waals surface area (Å²) in [5.41, 5.74) is 2.51. The van der Waals surface area contributed by atoms with E-state index in [2.05, 4.69) is 0 Å². The van der Waals surface area contributed by atoms with E-state index in [1.807, 2.05) is 70.5 Å². The van der Waals surface area contributed by atoms with Gasteiger partial charge in [0, 0.05) is 26.7 Å². The van der Waals surface area contributed by atoms with Crippen molar-refractivity contribution in [3.63, 3.8) is 0 Å². The van der Waals surface area contributed by atoms with Crippen LogP contribution in [0.1, 0.15) is 18.4 Å². The molecule has 0 aromatic heterocycles. The zero-order valence-electron chi connectivity index (χ0n) is 19.8. The highest BCUT2D eigenvalue weighted by molar-refractivity contribution is 5.99. The van der Waals surface area contributed by atoms with E-state index in [0.29, 0.717) is 19.6 Å². The summed E-state index contributed by atoms with van der Waals surface area (Å²) in [5.74, 6) is -0.290. The van der Waals surface area contributed by atoms with Gasteiger partial charge in [0.05, 0.1) is 23.5 Å². The molecule has 0 aliphatic carbocycles. The van der Waals surface area contributed by atoms with Crippen LogP contribution in [0.3, 0.4) is 0 Å². The van der Waals surface area contributed by atoms with Crippen molar-refractivity contribution in [1.29, 1.82) is 0 Å². The van der Waals surface area contributed by atoms with Crippen LogP contribution in [0.2, 0.25) is 0 Å². The third kappa shape index (κ3) is 4.71. The molecule has 2 heterocycles. The number of piperazine rings is 1. The summed E-state index contributed by atoms with van der Waals surface area (Å²) >= 11 is 0. The van der Waals surface area contributed by atoms with Crippen molar-refractivity contribution in [2.75, 3.05) is 25.0 Å². The van der Waals surface area contributed by atoms with Gasteiger partial charge in [-0.1, -0.05) is 48.5 Å². The molecule has 2 aliphatic heterocycles. The maximum absolute atomic E-state index is 13.8. The molecule has 0 saturated carbocycles. The number of halogens is 1. The average Bonchev–Trinajstić information content (AvgIpc) is 3.15. The number of anilines is 2. The summed E-state index contributed by atoms with van der Waals surface area (Å²) in [6.07, 6.45) is 1.75. The van der Waals surface area contributed by atoms with Gasteiger partial charge in [-0.3, -0.25) is 4.90 Å². The molecule has 0 radical (unpaired) electrons. The number of fused-ring (bicyclic) bond motifs is 2. The number of nitrogens with zero attached hydrogens (tertiary/aromatic N) is 4. The van der Waals surface area contributed by atoms with Crippen LogP contribution in [-0.4, -0.2) is 59.0 Å². The van der Waals surface area contributed by atoms with Crippen LogP contribution < -0.4 is 4.90 Å². The van der Waals surface area contributed by atoms with E-state index in [1.165, 1.54) is 12.1 Å². The molecule has 0 N–H and O–H groups in total. The SMILES string of the molecule is CN(Cc1ccc(F)cc1)C(=O)N1[C@@H]2CC[C@H]1CN(C(=O)N(c1ccccc1)c1ccccc1)C2. The van der Waals surface area contributed by atoms with E-state index in [9.17, 15) is 14.0 Å². The number of benzene rings is 3. The summed E-state index contributed by atoms with van der Waals surface area (Å²) in [6.45, 7) is 1.41. The Morgan fingerprint density at radius 3 is 1.83 bits per heavy atom. The van der Waals surface area contributed by atoms with Crippen LogP contribution >= 0.6 is 0 Å². The maximum Gasteiger partial charge on any atom is 0.329 e. The summed E-state index contributed by atoms with van der Waals surface area (Å²) < 4.78 is 13.2. The maximum atomic E-state index is 13.8. The molecule has 2 aliphatic rings. The second-order valence-electron chi connectivity index (χ2n) is 9.25. The third-order valence-electron chi connectivity index (χ3n) is 6.85. The molecule has 4 amide bonds. The highest BCUT2D eigenvalue weighted by Crippen LogP contribution is 2.34. The fourth-order valence-corrected chi connectivity index (χ4v) is 5.17. The number of hydrogen-bond donors (Lipinski definition) is 0. The predicted molar refractivity (Wildman–Crippen MR) is 134 cm³/mol. The van der Waals surface area contributed by atoms with Crippen LogP contribution in [0.5, 0.6) is 0 Å². The van der Waals surface area contributed by atoms with Crippen LogP contribution in [0.25, 0.3) is 0 Å². The minimum atomic E-state index is -0.290. The number of amides is 4. The van der Waals surface area contributed by atoms with Crippen LogP contribution in [0, 0.1) is 5.82 Å². The second kappa shape index (κ2) is 9.78. The molecule has 2 atom stereocenters. The topological polar surface area (TPSA) is 47.1 Å². The van der Waals surface area contributed by atoms with Crippen molar-refractivity contribution in [2.45, 2.75) is 31.5 Å². The molecular weight excluding hydrogens is 443 g/mol. The average molecular weight is 473 g/mol. The van der Waals surface area contributed by atoms with E-state index >= 15 is 0 Å². The van der Waals surface area contributed by atoms with Gasteiger partial charge >= 0.3 is 12.1 Å². The lowest BCUT2D eigenvalue weighted by atomic mass is 10.2. The first-order valence-corrected chi connectivity index (χ1v) is 12.0. The summed E-state index contributed by atoms with van der Waals surface area (Å²) in [6, 6.07) is 25.4. The Morgan fingerprint density at radius 1 is 0.800 bits per heavy atom. The molecule has 2 bridgehead atoms. The Labute approximate surface area is 205 Å². The monoisotopic (exact) mass is 472 g/mol. The molecule has 0 spiro atoms. The van der Waals surface area contributed by atoms with Gasteiger partial charge in [0.1, 0.15) is 5.82 Å². The number of rotatable bonds is 4. The number of para-hydroxylation sites is 2. The van der Waals surface area contributed by atoms with E-state index in [1.54, 1.807) is 29.0 Å². The van der Waals surface area contributed by atoms with E-state index < -0.39 is 0 Å². The Kier molecular flexibility index (Phi) is 6.40. The fourth-order valence-electron chi connectivity index (χ4n) is 5.17. The Bertz CT molecular complexity index is 1120. The van der Waals surface area contributed by atoms with Crippen molar-refractivity contribution >= 4 is 23.4 Å². The first kappa shape index (κ1) is 22.9. The zero-order valence-corrected chi connectivity index (χ0v) is 19.8. The number of hydrogen-bond acceptors (Lipinski definition) is 2. The van der Waals surface area contributed by atoms with Crippen LogP contribution in [0.15, 0.2) is 84.9 Å². The largest absolute Gasteiger partial charge is 0.329 e. The molecule has 180 valence electrons. The normalized spacial score (nSPS) is 18.9. The molecule has 5 rings (SSSR count). The summed E-state index contributed by atoms with van der Waals surface area (Å²) in [7, 11) is 1.77. The second-order valence-corrected chi connectivity index (χ2v) is 9.25. The van der Waals surface area contributed by atoms with Gasteiger partial charge < -0.3 is 14.7 Å². The fraction of sp³-hybridized carbons (Fsp3) is 0.286. The summed E-state index contributed by atoms with van der Waals surface area (Å²) in [4.78, 5) is 34.4. The lowest BCUT2D eigenvalue weighted by molar-refractivity contribution is 0.0854. The number of carbonyl (C=O) groups is 2. The molecule has 2 saturated heterocycles. The molecule has 2 fully saturated rings. The smallest absolute Gasteiger partial charge is 0.323 e. The minimum absolute atomic E-state index is 0.0192. The van der Waals surface area contributed by atoms with Crippen LogP contribution in [0.4, 0.5) is 25.4 Å². The molecule has 6 nitrogen and oxygen atoms in total. The van der Waals surface area contributed by atoms with E-state index in [4.69, 9.17) is 0 Å². The lowest BCUT2D eigenvalue weighted by Crippen LogP contribution is -2.60. The number of likely N-dealkylation sites (tertiary alicyclic amines) is 1. The lowest BCUT2D eigenvalue weighted by Gasteiger charge is -2.43. The number of carbonyl (C=O) groups excluding carboxylic acids is 2. The van der Waals surface area contributed by atoms with E-state index in [-0.39, 0.29) is 30.0 Å². The van der Waals surface area contributed by atoms with Crippen molar-refractivity contribution in [3.8, 4) is 0 Å². The van der Waals surface area contributed by atoms with Gasteiger partial charge in [-0.05, 0) is 54.8 Å². The predicted octanol–water partition coefficient (Wildman–Crippen LogP) is 5.48. The highest BCUT2D eigenvalue weighted by Gasteiger charge is 2.45. The number of urea groups is 2. The Hall–Kier alpha value is -3.87. The van der Waals surface area contributed by atoms with Gasteiger partial charge in [-0.25, -0.2) is 14.0 Å². The van der Waals surface area contributed by atoms with Crippen molar-refractivity contribution in [2.24, 2.45) is 0 Å².